The molecule has 1 aromatic carbocycles. The predicted octanol–water partition coefficient (Wildman–Crippen LogP) is 1.50. The second kappa shape index (κ2) is 2.93. The Labute approximate surface area is 72.0 Å². The van der Waals surface area contributed by atoms with Crippen LogP contribution in [0.15, 0.2) is 18.2 Å². The van der Waals surface area contributed by atoms with Crippen LogP contribution in [-0.2, 0) is 0 Å². The topological polar surface area (TPSA) is 50.1 Å². The molecule has 2 rings (SSSR count). The van der Waals surface area contributed by atoms with Gasteiger partial charge in [0.1, 0.15) is 0 Å². The zero-order valence-electron chi connectivity index (χ0n) is 6.93. The van der Waals surface area contributed by atoms with E-state index in [1.807, 2.05) is 18.2 Å². The van der Waals surface area contributed by atoms with Crippen LogP contribution in [0.25, 0.3) is 0 Å². The molecule has 0 spiro atoms. The second-order valence-corrected chi connectivity index (χ2v) is 2.98. The summed E-state index contributed by atoms with van der Waals surface area (Å²) in [5.74, 6) is 0. The van der Waals surface area contributed by atoms with Gasteiger partial charge in [-0.15, -0.1) is 0 Å². The van der Waals surface area contributed by atoms with E-state index >= 15 is 0 Å². The van der Waals surface area contributed by atoms with Crippen molar-refractivity contribution in [1.82, 2.24) is 0 Å². The van der Waals surface area contributed by atoms with Crippen LogP contribution >= 0.6 is 0 Å². The van der Waals surface area contributed by atoms with Gasteiger partial charge in [-0.2, -0.15) is 0 Å². The van der Waals surface area contributed by atoms with Gasteiger partial charge in [0.05, 0.1) is 17.1 Å². The largest absolute Gasteiger partial charge is 0.397 e. The summed E-state index contributed by atoms with van der Waals surface area (Å²) in [5.41, 5.74) is 8.80. The third-order valence-corrected chi connectivity index (χ3v) is 2.07. The van der Waals surface area contributed by atoms with Crippen molar-refractivity contribution in [1.29, 1.82) is 0 Å². The Morgan fingerprint density at radius 2 is 2.00 bits per heavy atom. The number of para-hydroxylation sites is 1. The summed E-state index contributed by atoms with van der Waals surface area (Å²) in [6.07, 6.45) is 1.13. The van der Waals surface area contributed by atoms with E-state index in [4.69, 9.17) is 5.73 Å². The lowest BCUT2D eigenvalue weighted by molar-refractivity contribution is 0.928. The number of benzene rings is 1. The third kappa shape index (κ3) is 1.18. The molecule has 0 aliphatic carbocycles. The summed E-state index contributed by atoms with van der Waals surface area (Å²) in [7, 11) is 0. The molecular weight excluding hydrogens is 150 g/mol. The smallest absolute Gasteiger partial charge is 0.0809 e. The summed E-state index contributed by atoms with van der Waals surface area (Å²) in [4.78, 5) is 0. The van der Waals surface area contributed by atoms with Gasteiger partial charge in [-0.25, -0.2) is 0 Å². The molecule has 0 bridgehead atoms. The van der Waals surface area contributed by atoms with E-state index in [-0.39, 0.29) is 0 Å². The van der Waals surface area contributed by atoms with Gasteiger partial charge in [-0.1, -0.05) is 6.07 Å². The quantitative estimate of drug-likeness (QED) is 0.508. The molecular formula is C9H13N3. The predicted molar refractivity (Wildman–Crippen MR) is 52.5 cm³/mol. The Bertz CT molecular complexity index is 283. The molecule has 1 aromatic rings. The van der Waals surface area contributed by atoms with Gasteiger partial charge in [0, 0.05) is 13.1 Å². The van der Waals surface area contributed by atoms with Crippen LogP contribution in [0.2, 0.25) is 0 Å². The van der Waals surface area contributed by atoms with Crippen molar-refractivity contribution in [2.45, 2.75) is 6.42 Å². The van der Waals surface area contributed by atoms with Crippen molar-refractivity contribution >= 4 is 17.1 Å². The number of nitrogens with one attached hydrogen (secondary N) is 2. The van der Waals surface area contributed by atoms with Crippen molar-refractivity contribution < 1.29 is 0 Å². The second-order valence-electron chi connectivity index (χ2n) is 2.98. The van der Waals surface area contributed by atoms with Gasteiger partial charge in [-0.3, -0.25) is 0 Å². The minimum atomic E-state index is 0.821. The van der Waals surface area contributed by atoms with Gasteiger partial charge in [-0.05, 0) is 18.6 Å². The van der Waals surface area contributed by atoms with Crippen LogP contribution in [0, 0.1) is 0 Å². The van der Waals surface area contributed by atoms with Gasteiger partial charge < -0.3 is 16.4 Å². The van der Waals surface area contributed by atoms with E-state index in [0.29, 0.717) is 0 Å². The van der Waals surface area contributed by atoms with Crippen LogP contribution in [0.1, 0.15) is 6.42 Å². The highest BCUT2D eigenvalue weighted by molar-refractivity contribution is 5.81. The fraction of sp³-hybridized carbons (Fsp3) is 0.333. The van der Waals surface area contributed by atoms with Crippen molar-refractivity contribution in [2.75, 3.05) is 29.5 Å². The third-order valence-electron chi connectivity index (χ3n) is 2.07. The Balaban J connectivity index is 2.42. The molecule has 0 atom stereocenters. The average molecular weight is 163 g/mol. The lowest BCUT2D eigenvalue weighted by atomic mass is 10.2. The highest BCUT2D eigenvalue weighted by Gasteiger charge is 2.07. The van der Waals surface area contributed by atoms with E-state index in [1.54, 1.807) is 0 Å². The number of anilines is 3. The van der Waals surface area contributed by atoms with Crippen LogP contribution in [0.3, 0.4) is 0 Å². The Kier molecular flexibility index (Phi) is 1.78. The summed E-state index contributed by atoms with van der Waals surface area (Å²) in [6.45, 7) is 2.01. The lowest BCUT2D eigenvalue weighted by Gasteiger charge is -2.10. The number of nitrogen functional groups attached to an aromatic ring is 1. The fourth-order valence-corrected chi connectivity index (χ4v) is 1.44. The molecule has 1 aliphatic rings. The number of nitrogens with two attached hydrogens (primary N) is 1. The Morgan fingerprint density at radius 1 is 1.17 bits per heavy atom. The molecule has 0 fully saturated rings. The van der Waals surface area contributed by atoms with E-state index in [1.165, 1.54) is 0 Å². The normalized spacial score (nSPS) is 15.3. The van der Waals surface area contributed by atoms with Crippen LogP contribution in [0.4, 0.5) is 17.1 Å². The molecule has 64 valence electrons. The molecule has 0 aromatic heterocycles. The first-order valence-corrected chi connectivity index (χ1v) is 4.24. The van der Waals surface area contributed by atoms with Crippen LogP contribution < -0.4 is 16.4 Å². The van der Waals surface area contributed by atoms with Crippen LogP contribution in [-0.4, -0.2) is 13.1 Å². The molecule has 0 saturated carbocycles. The standard InChI is InChI=1S/C9H13N3/c10-7-3-1-4-8-9(7)12-6-2-5-11-8/h1,3-4,11-12H,2,5-6,10H2. The van der Waals surface area contributed by atoms with Crippen molar-refractivity contribution in [2.24, 2.45) is 0 Å². The molecule has 3 heteroatoms. The van der Waals surface area contributed by atoms with Crippen LogP contribution in [0.5, 0.6) is 0 Å². The summed E-state index contributed by atoms with van der Waals surface area (Å²) in [5, 5.41) is 6.63. The highest BCUT2D eigenvalue weighted by Crippen LogP contribution is 2.29. The van der Waals surface area contributed by atoms with Gasteiger partial charge in [0.15, 0.2) is 0 Å². The SMILES string of the molecule is Nc1cccc2c1NCCCN2. The molecule has 12 heavy (non-hydrogen) atoms. The molecule has 0 saturated heterocycles. The Hall–Kier alpha value is -1.38. The van der Waals surface area contributed by atoms with Gasteiger partial charge >= 0.3 is 0 Å². The monoisotopic (exact) mass is 163 g/mol. The van der Waals surface area contributed by atoms with Crippen molar-refractivity contribution in [3.63, 3.8) is 0 Å². The van der Waals surface area contributed by atoms with Crippen molar-refractivity contribution in [3.8, 4) is 0 Å². The molecule has 0 unspecified atom stereocenters. The zero-order chi connectivity index (χ0) is 8.39. The molecule has 4 N–H and O–H groups in total. The number of rotatable bonds is 0. The first kappa shape index (κ1) is 7.28. The van der Waals surface area contributed by atoms with Gasteiger partial charge in [0.2, 0.25) is 0 Å². The highest BCUT2D eigenvalue weighted by atomic mass is 15.0. The fourth-order valence-electron chi connectivity index (χ4n) is 1.44. The number of hydrogen-bond acceptors (Lipinski definition) is 3. The summed E-state index contributed by atoms with van der Waals surface area (Å²) < 4.78 is 0. The molecule has 0 amide bonds. The maximum atomic E-state index is 5.81. The lowest BCUT2D eigenvalue weighted by Crippen LogP contribution is -2.02. The number of fused-ring (bicyclic) bond motifs is 1. The number of hydrogen-bond donors (Lipinski definition) is 3. The van der Waals surface area contributed by atoms with Gasteiger partial charge in [0.25, 0.3) is 0 Å². The maximum absolute atomic E-state index is 5.81. The first-order chi connectivity index (χ1) is 5.88. The molecule has 1 heterocycles. The molecule has 3 nitrogen and oxygen atoms in total. The summed E-state index contributed by atoms with van der Waals surface area (Å²) in [6, 6.07) is 5.93. The maximum Gasteiger partial charge on any atom is 0.0809 e. The minimum Gasteiger partial charge on any atom is -0.397 e. The minimum absolute atomic E-state index is 0.821. The first-order valence-electron chi connectivity index (χ1n) is 4.24. The summed E-state index contributed by atoms with van der Waals surface area (Å²) >= 11 is 0. The van der Waals surface area contributed by atoms with Crippen molar-refractivity contribution in [3.05, 3.63) is 18.2 Å². The van der Waals surface area contributed by atoms with E-state index in [0.717, 1.165) is 36.6 Å². The molecule has 0 radical (unpaired) electrons. The van der Waals surface area contributed by atoms with E-state index in [9.17, 15) is 0 Å². The van der Waals surface area contributed by atoms with E-state index in [2.05, 4.69) is 10.6 Å². The average Bonchev–Trinajstić information content (AvgIpc) is 2.30. The Morgan fingerprint density at radius 3 is 2.92 bits per heavy atom. The zero-order valence-corrected chi connectivity index (χ0v) is 6.93. The van der Waals surface area contributed by atoms with E-state index < -0.39 is 0 Å². The molecule has 1 aliphatic heterocycles.